The number of aromatic nitrogens is 1. The van der Waals surface area contributed by atoms with E-state index in [0.717, 1.165) is 39.3 Å². The van der Waals surface area contributed by atoms with Crippen LogP contribution >= 0.6 is 0 Å². The van der Waals surface area contributed by atoms with E-state index in [4.69, 9.17) is 4.74 Å². The average Bonchev–Trinajstić information content (AvgIpc) is 2.74. The highest BCUT2D eigenvalue weighted by Gasteiger charge is 2.29. The van der Waals surface area contributed by atoms with Gasteiger partial charge in [-0.3, -0.25) is 23.9 Å². The second kappa shape index (κ2) is 9.96. The summed E-state index contributed by atoms with van der Waals surface area (Å²) in [5, 5.41) is 2.82. The van der Waals surface area contributed by atoms with Crippen molar-refractivity contribution in [1.29, 1.82) is 0 Å². The Labute approximate surface area is 163 Å². The molecule has 7 heteroatoms. The average molecular weight is 383 g/mol. The van der Waals surface area contributed by atoms with Gasteiger partial charge in [0.05, 0.1) is 13.2 Å². The van der Waals surface area contributed by atoms with E-state index < -0.39 is 17.7 Å². The normalized spacial score (nSPS) is 15.7. The van der Waals surface area contributed by atoms with E-state index in [2.05, 4.69) is 10.2 Å². The van der Waals surface area contributed by atoms with E-state index in [1.54, 1.807) is 42.5 Å². The molecule has 0 unspecified atom stereocenters. The number of nitrogens with one attached hydrogen (secondary N) is 1. The molecular weight excluding hydrogens is 358 g/mol. The van der Waals surface area contributed by atoms with Crippen molar-refractivity contribution < 1.29 is 14.3 Å². The minimum Gasteiger partial charge on any atom is -0.379 e. The second-order valence-electron chi connectivity index (χ2n) is 6.68. The van der Waals surface area contributed by atoms with Gasteiger partial charge < -0.3 is 10.1 Å². The van der Waals surface area contributed by atoms with Crippen molar-refractivity contribution in [3.05, 3.63) is 70.6 Å². The minimum atomic E-state index is -1.22. The number of carbonyl (C=O) groups is 2. The van der Waals surface area contributed by atoms with Gasteiger partial charge in [-0.15, -0.1) is 0 Å². The predicted molar refractivity (Wildman–Crippen MR) is 105 cm³/mol. The minimum absolute atomic E-state index is 0.389. The third-order valence-corrected chi connectivity index (χ3v) is 4.74. The Kier molecular flexibility index (Phi) is 7.11. The van der Waals surface area contributed by atoms with Crippen LogP contribution < -0.4 is 10.9 Å². The molecule has 28 heavy (non-hydrogen) atoms. The third kappa shape index (κ3) is 5.15. The molecule has 7 nitrogen and oxygen atoms in total. The van der Waals surface area contributed by atoms with E-state index in [0.29, 0.717) is 12.1 Å². The number of ether oxygens (including phenoxy) is 1. The van der Waals surface area contributed by atoms with Crippen molar-refractivity contribution in [2.24, 2.45) is 0 Å². The number of amides is 1. The Bertz CT molecular complexity index is 844. The Balaban J connectivity index is 1.68. The lowest BCUT2D eigenvalue weighted by atomic mass is 10.0. The number of hydrogen-bond donors (Lipinski definition) is 1. The molecule has 1 atom stereocenters. The first-order chi connectivity index (χ1) is 13.7. The van der Waals surface area contributed by atoms with Crippen LogP contribution in [0.1, 0.15) is 22.8 Å². The molecule has 0 saturated carbocycles. The summed E-state index contributed by atoms with van der Waals surface area (Å²) in [7, 11) is 0. The summed E-state index contributed by atoms with van der Waals surface area (Å²) in [4.78, 5) is 40.3. The molecule has 1 aromatic carbocycles. The van der Waals surface area contributed by atoms with Crippen LogP contribution in [0.25, 0.3) is 0 Å². The number of Topliss-reactive ketones (excluding diaryl/α,β-unsaturated/α-hetero) is 1. The van der Waals surface area contributed by atoms with Gasteiger partial charge in [-0.1, -0.05) is 36.4 Å². The molecule has 1 amide bonds. The maximum atomic E-state index is 13.0. The van der Waals surface area contributed by atoms with Crippen molar-refractivity contribution in [3.63, 3.8) is 0 Å². The maximum Gasteiger partial charge on any atom is 0.251 e. The third-order valence-electron chi connectivity index (χ3n) is 4.74. The van der Waals surface area contributed by atoms with Crippen LogP contribution in [0.2, 0.25) is 0 Å². The van der Waals surface area contributed by atoms with Crippen molar-refractivity contribution in [2.45, 2.75) is 12.5 Å². The smallest absolute Gasteiger partial charge is 0.251 e. The molecule has 1 aliphatic rings. The first-order valence-electron chi connectivity index (χ1n) is 9.51. The Morgan fingerprint density at radius 1 is 1.04 bits per heavy atom. The number of hydrogen-bond acceptors (Lipinski definition) is 5. The van der Waals surface area contributed by atoms with Gasteiger partial charge in [0.25, 0.3) is 11.5 Å². The Morgan fingerprint density at radius 3 is 2.46 bits per heavy atom. The summed E-state index contributed by atoms with van der Waals surface area (Å²) in [6, 6.07) is 11.9. The van der Waals surface area contributed by atoms with E-state index in [1.807, 2.05) is 0 Å². The first-order valence-corrected chi connectivity index (χ1v) is 9.51. The number of rotatable bonds is 8. The molecule has 0 bridgehead atoms. The molecule has 3 rings (SSSR count). The highest BCUT2D eigenvalue weighted by molar-refractivity contribution is 6.11. The molecule has 0 radical (unpaired) electrons. The number of carbonyl (C=O) groups excluding carboxylic acids is 2. The number of benzene rings is 1. The van der Waals surface area contributed by atoms with Gasteiger partial charge in [0.1, 0.15) is 0 Å². The van der Waals surface area contributed by atoms with Crippen molar-refractivity contribution in [2.75, 3.05) is 39.4 Å². The summed E-state index contributed by atoms with van der Waals surface area (Å²) < 4.78 is 6.51. The van der Waals surface area contributed by atoms with Crippen LogP contribution in [-0.4, -0.2) is 60.6 Å². The summed E-state index contributed by atoms with van der Waals surface area (Å²) in [6.45, 7) is 4.54. The van der Waals surface area contributed by atoms with Crippen LogP contribution in [0.4, 0.5) is 0 Å². The molecule has 148 valence electrons. The Hall–Kier alpha value is -2.77. The van der Waals surface area contributed by atoms with E-state index in [9.17, 15) is 14.4 Å². The SMILES string of the molecule is O=C(NCCCN1CCOCC1)[C@H](C(=O)c1ccccc1)n1ccccc1=O. The quantitative estimate of drug-likeness (QED) is 0.420. The Morgan fingerprint density at radius 2 is 1.75 bits per heavy atom. The van der Waals surface area contributed by atoms with Crippen molar-refractivity contribution >= 4 is 11.7 Å². The molecule has 2 heterocycles. The van der Waals surface area contributed by atoms with Gasteiger partial charge in [0.15, 0.2) is 11.8 Å². The summed E-state index contributed by atoms with van der Waals surface area (Å²) >= 11 is 0. The number of pyridine rings is 1. The van der Waals surface area contributed by atoms with Crippen LogP contribution in [0.15, 0.2) is 59.5 Å². The topological polar surface area (TPSA) is 80.6 Å². The van der Waals surface area contributed by atoms with Gasteiger partial charge in [0, 0.05) is 37.5 Å². The van der Waals surface area contributed by atoms with Crippen LogP contribution in [0.5, 0.6) is 0 Å². The lowest BCUT2D eigenvalue weighted by Crippen LogP contribution is -2.42. The lowest BCUT2D eigenvalue weighted by molar-refractivity contribution is -0.123. The number of morpholine rings is 1. The van der Waals surface area contributed by atoms with Crippen LogP contribution in [-0.2, 0) is 9.53 Å². The first kappa shape index (κ1) is 20.0. The highest BCUT2D eigenvalue weighted by atomic mass is 16.5. The van der Waals surface area contributed by atoms with Crippen molar-refractivity contribution in [3.8, 4) is 0 Å². The second-order valence-corrected chi connectivity index (χ2v) is 6.68. The number of ketones is 1. The summed E-state index contributed by atoms with van der Waals surface area (Å²) in [6.07, 6.45) is 2.24. The molecule has 1 N–H and O–H groups in total. The molecule has 0 aliphatic carbocycles. The monoisotopic (exact) mass is 383 g/mol. The molecule has 2 aromatic rings. The molecular formula is C21H25N3O4. The highest BCUT2D eigenvalue weighted by Crippen LogP contribution is 2.13. The van der Waals surface area contributed by atoms with E-state index in [1.165, 1.54) is 16.8 Å². The molecule has 1 aromatic heterocycles. The van der Waals surface area contributed by atoms with Gasteiger partial charge >= 0.3 is 0 Å². The zero-order valence-electron chi connectivity index (χ0n) is 15.8. The standard InChI is InChI=1S/C21H25N3O4/c25-18-9-4-5-12-24(18)19(20(26)17-7-2-1-3-8-17)21(27)22-10-6-11-23-13-15-28-16-14-23/h1-5,7-9,12,19H,6,10-11,13-16H2,(H,22,27)/t19-/m0/s1. The van der Waals surface area contributed by atoms with Gasteiger partial charge in [-0.2, -0.15) is 0 Å². The largest absolute Gasteiger partial charge is 0.379 e. The fourth-order valence-electron chi connectivity index (χ4n) is 3.22. The van der Waals surface area contributed by atoms with Gasteiger partial charge in [0.2, 0.25) is 0 Å². The maximum absolute atomic E-state index is 13.0. The van der Waals surface area contributed by atoms with Crippen LogP contribution in [0.3, 0.4) is 0 Å². The summed E-state index contributed by atoms with van der Waals surface area (Å²) in [5.74, 6) is -0.872. The van der Waals surface area contributed by atoms with Crippen LogP contribution in [0, 0.1) is 0 Å². The molecule has 1 aliphatic heterocycles. The zero-order chi connectivity index (χ0) is 19.8. The zero-order valence-corrected chi connectivity index (χ0v) is 15.8. The lowest BCUT2D eigenvalue weighted by Gasteiger charge is -2.26. The fraction of sp³-hybridized carbons (Fsp3) is 0.381. The van der Waals surface area contributed by atoms with E-state index in [-0.39, 0.29) is 5.56 Å². The van der Waals surface area contributed by atoms with Gasteiger partial charge in [-0.05, 0) is 19.0 Å². The van der Waals surface area contributed by atoms with Gasteiger partial charge in [-0.25, -0.2) is 0 Å². The predicted octanol–water partition coefficient (Wildman–Crippen LogP) is 1.11. The number of nitrogens with zero attached hydrogens (tertiary/aromatic N) is 2. The van der Waals surface area contributed by atoms with Crippen molar-refractivity contribution in [1.82, 2.24) is 14.8 Å². The fourth-order valence-corrected chi connectivity index (χ4v) is 3.22. The summed E-state index contributed by atoms with van der Waals surface area (Å²) in [5.41, 5.74) is 0.00645. The van der Waals surface area contributed by atoms with E-state index >= 15 is 0 Å². The molecule has 1 saturated heterocycles. The molecule has 0 spiro atoms. The molecule has 1 fully saturated rings.